The standard InChI is InChI=1S/C16H25FN2O/c1-16(2,19-8-10-20-11-9-19)15(18-3)12-13-4-6-14(17)7-5-13/h4-7,15,18H,8-12H2,1-3H3. The lowest BCUT2D eigenvalue weighted by Crippen LogP contribution is -2.60. The van der Waals surface area contributed by atoms with Crippen LogP contribution in [0.3, 0.4) is 0 Å². The van der Waals surface area contributed by atoms with Crippen molar-refractivity contribution in [1.82, 2.24) is 10.2 Å². The summed E-state index contributed by atoms with van der Waals surface area (Å²) >= 11 is 0. The highest BCUT2D eigenvalue weighted by Gasteiger charge is 2.35. The van der Waals surface area contributed by atoms with E-state index in [0.29, 0.717) is 6.04 Å². The number of benzene rings is 1. The highest BCUT2D eigenvalue weighted by Crippen LogP contribution is 2.23. The molecular weight excluding hydrogens is 255 g/mol. The third-order valence-electron chi connectivity index (χ3n) is 4.38. The van der Waals surface area contributed by atoms with Crippen molar-refractivity contribution in [3.63, 3.8) is 0 Å². The summed E-state index contributed by atoms with van der Waals surface area (Å²) in [6.45, 7) is 8.07. The van der Waals surface area contributed by atoms with Crippen LogP contribution in [0.25, 0.3) is 0 Å². The SMILES string of the molecule is CNC(Cc1ccc(F)cc1)C(C)(C)N1CCOCC1. The predicted molar refractivity (Wildman–Crippen MR) is 79.4 cm³/mol. The Labute approximate surface area is 121 Å². The zero-order chi connectivity index (χ0) is 14.6. The number of halogens is 1. The van der Waals surface area contributed by atoms with Gasteiger partial charge in [0.05, 0.1) is 13.2 Å². The monoisotopic (exact) mass is 280 g/mol. The van der Waals surface area contributed by atoms with Crippen LogP contribution in [0.2, 0.25) is 0 Å². The van der Waals surface area contributed by atoms with E-state index in [-0.39, 0.29) is 11.4 Å². The molecule has 0 amide bonds. The van der Waals surface area contributed by atoms with E-state index < -0.39 is 0 Å². The summed E-state index contributed by atoms with van der Waals surface area (Å²) in [6.07, 6.45) is 0.890. The Bertz CT molecular complexity index is 413. The van der Waals surface area contributed by atoms with Gasteiger partial charge in [0, 0.05) is 24.7 Å². The Hall–Kier alpha value is -0.970. The molecule has 1 aliphatic heterocycles. The number of rotatable bonds is 5. The van der Waals surface area contributed by atoms with Crippen molar-refractivity contribution in [3.8, 4) is 0 Å². The summed E-state index contributed by atoms with van der Waals surface area (Å²) in [5.74, 6) is -0.179. The minimum Gasteiger partial charge on any atom is -0.379 e. The van der Waals surface area contributed by atoms with Gasteiger partial charge >= 0.3 is 0 Å². The van der Waals surface area contributed by atoms with Gasteiger partial charge in [-0.1, -0.05) is 12.1 Å². The molecule has 1 fully saturated rings. The smallest absolute Gasteiger partial charge is 0.123 e. The molecule has 1 aromatic carbocycles. The molecule has 0 aromatic heterocycles. The molecule has 1 unspecified atom stereocenters. The molecule has 0 bridgehead atoms. The Morgan fingerprint density at radius 3 is 2.40 bits per heavy atom. The molecule has 1 aliphatic rings. The number of likely N-dealkylation sites (N-methyl/N-ethyl adjacent to an activating group) is 1. The number of nitrogens with one attached hydrogen (secondary N) is 1. The van der Waals surface area contributed by atoms with E-state index in [1.54, 1.807) is 0 Å². The van der Waals surface area contributed by atoms with E-state index in [1.807, 2.05) is 19.2 Å². The molecule has 112 valence electrons. The highest BCUT2D eigenvalue weighted by molar-refractivity contribution is 5.18. The van der Waals surface area contributed by atoms with Gasteiger partial charge < -0.3 is 10.1 Å². The molecule has 1 N–H and O–H groups in total. The van der Waals surface area contributed by atoms with Crippen LogP contribution < -0.4 is 5.32 Å². The topological polar surface area (TPSA) is 24.5 Å². The fourth-order valence-electron chi connectivity index (χ4n) is 2.92. The Morgan fingerprint density at radius 2 is 1.85 bits per heavy atom. The van der Waals surface area contributed by atoms with Gasteiger partial charge in [-0.25, -0.2) is 4.39 Å². The van der Waals surface area contributed by atoms with E-state index in [0.717, 1.165) is 38.3 Å². The van der Waals surface area contributed by atoms with Gasteiger partial charge in [0.25, 0.3) is 0 Å². The zero-order valence-electron chi connectivity index (χ0n) is 12.7. The minimum absolute atomic E-state index is 0.0346. The normalized spacial score (nSPS) is 19.0. The van der Waals surface area contributed by atoms with E-state index in [4.69, 9.17) is 4.74 Å². The number of morpholine rings is 1. The summed E-state index contributed by atoms with van der Waals surface area (Å²) in [5, 5.41) is 3.43. The Balaban J connectivity index is 2.07. The lowest BCUT2D eigenvalue weighted by molar-refractivity contribution is -0.0223. The van der Waals surface area contributed by atoms with Crippen molar-refractivity contribution < 1.29 is 9.13 Å². The second-order valence-corrected chi connectivity index (χ2v) is 5.92. The predicted octanol–water partition coefficient (Wildman–Crippen LogP) is 2.07. The molecular formula is C16H25FN2O. The molecule has 1 saturated heterocycles. The summed E-state index contributed by atoms with van der Waals surface area (Å²) in [4.78, 5) is 2.47. The van der Waals surface area contributed by atoms with Crippen molar-refractivity contribution in [3.05, 3.63) is 35.6 Å². The van der Waals surface area contributed by atoms with Crippen molar-refractivity contribution in [2.75, 3.05) is 33.4 Å². The lowest BCUT2D eigenvalue weighted by atomic mass is 9.87. The van der Waals surface area contributed by atoms with Crippen LogP contribution in [-0.2, 0) is 11.2 Å². The van der Waals surface area contributed by atoms with Crippen molar-refractivity contribution in [2.24, 2.45) is 0 Å². The minimum atomic E-state index is -0.179. The molecule has 1 aromatic rings. The van der Waals surface area contributed by atoms with Crippen LogP contribution >= 0.6 is 0 Å². The van der Waals surface area contributed by atoms with E-state index in [2.05, 4.69) is 24.1 Å². The van der Waals surface area contributed by atoms with Crippen molar-refractivity contribution >= 4 is 0 Å². The van der Waals surface area contributed by atoms with E-state index in [9.17, 15) is 4.39 Å². The largest absolute Gasteiger partial charge is 0.379 e. The van der Waals surface area contributed by atoms with Gasteiger partial charge in [0.2, 0.25) is 0 Å². The van der Waals surface area contributed by atoms with Crippen LogP contribution in [0.5, 0.6) is 0 Å². The van der Waals surface area contributed by atoms with Gasteiger partial charge in [-0.3, -0.25) is 4.90 Å². The molecule has 0 saturated carbocycles. The molecule has 1 atom stereocenters. The number of ether oxygens (including phenoxy) is 1. The van der Waals surface area contributed by atoms with Gasteiger partial charge in [-0.2, -0.15) is 0 Å². The van der Waals surface area contributed by atoms with Crippen LogP contribution in [-0.4, -0.2) is 49.8 Å². The summed E-state index contributed by atoms with van der Waals surface area (Å²) in [6, 6.07) is 7.11. The third-order valence-corrected chi connectivity index (χ3v) is 4.38. The highest BCUT2D eigenvalue weighted by atomic mass is 19.1. The van der Waals surface area contributed by atoms with E-state index in [1.165, 1.54) is 12.1 Å². The van der Waals surface area contributed by atoms with Crippen LogP contribution in [0, 0.1) is 5.82 Å². The maximum absolute atomic E-state index is 13.0. The first-order chi connectivity index (χ1) is 9.54. The van der Waals surface area contributed by atoms with Crippen molar-refractivity contribution in [2.45, 2.75) is 31.8 Å². The summed E-state index contributed by atoms with van der Waals surface area (Å²) in [5.41, 5.74) is 1.19. The maximum Gasteiger partial charge on any atom is 0.123 e. The lowest BCUT2D eigenvalue weighted by Gasteiger charge is -2.46. The number of hydrogen-bond acceptors (Lipinski definition) is 3. The maximum atomic E-state index is 13.0. The molecule has 1 heterocycles. The van der Waals surface area contributed by atoms with Gasteiger partial charge in [-0.15, -0.1) is 0 Å². The second kappa shape index (κ2) is 6.66. The molecule has 0 spiro atoms. The van der Waals surface area contributed by atoms with E-state index >= 15 is 0 Å². The average Bonchev–Trinajstić information content (AvgIpc) is 2.47. The first-order valence-electron chi connectivity index (χ1n) is 7.28. The Kier molecular flexibility index (Phi) is 5.13. The zero-order valence-corrected chi connectivity index (χ0v) is 12.7. The molecule has 3 nitrogen and oxygen atoms in total. The van der Waals surface area contributed by atoms with Crippen LogP contribution in [0.1, 0.15) is 19.4 Å². The van der Waals surface area contributed by atoms with Gasteiger partial charge in [-0.05, 0) is 45.0 Å². The molecule has 20 heavy (non-hydrogen) atoms. The first kappa shape index (κ1) is 15.4. The molecule has 2 rings (SSSR count). The van der Waals surface area contributed by atoms with Crippen molar-refractivity contribution in [1.29, 1.82) is 0 Å². The number of nitrogens with zero attached hydrogens (tertiary/aromatic N) is 1. The molecule has 0 aliphatic carbocycles. The fourth-order valence-corrected chi connectivity index (χ4v) is 2.92. The molecule has 4 heteroatoms. The number of hydrogen-bond donors (Lipinski definition) is 1. The first-order valence-corrected chi connectivity index (χ1v) is 7.28. The van der Waals surface area contributed by atoms with Crippen LogP contribution in [0.15, 0.2) is 24.3 Å². The summed E-state index contributed by atoms with van der Waals surface area (Å²) < 4.78 is 18.4. The quantitative estimate of drug-likeness (QED) is 0.893. The molecule has 0 radical (unpaired) electrons. The average molecular weight is 280 g/mol. The Morgan fingerprint density at radius 1 is 1.25 bits per heavy atom. The third kappa shape index (κ3) is 3.57. The summed E-state index contributed by atoms with van der Waals surface area (Å²) in [7, 11) is 2.00. The van der Waals surface area contributed by atoms with Gasteiger partial charge in [0.1, 0.15) is 5.82 Å². The second-order valence-electron chi connectivity index (χ2n) is 5.92. The fraction of sp³-hybridized carbons (Fsp3) is 0.625. The van der Waals surface area contributed by atoms with Gasteiger partial charge in [0.15, 0.2) is 0 Å². The van der Waals surface area contributed by atoms with Crippen LogP contribution in [0.4, 0.5) is 4.39 Å².